The highest BCUT2D eigenvalue weighted by Gasteiger charge is 2.29. The van der Waals surface area contributed by atoms with Crippen LogP contribution in [0, 0.1) is 12.8 Å². The minimum atomic E-state index is 0.101. The van der Waals surface area contributed by atoms with Crippen molar-refractivity contribution in [1.82, 2.24) is 25.3 Å². The van der Waals surface area contributed by atoms with Gasteiger partial charge in [0.2, 0.25) is 5.91 Å². The summed E-state index contributed by atoms with van der Waals surface area (Å²) in [5, 5.41) is 12.2. The molecular weight excluding hydrogens is 318 g/mol. The van der Waals surface area contributed by atoms with Gasteiger partial charge in [-0.25, -0.2) is 4.68 Å². The van der Waals surface area contributed by atoms with E-state index in [0.717, 1.165) is 46.6 Å². The van der Waals surface area contributed by atoms with Crippen molar-refractivity contribution in [2.75, 3.05) is 7.11 Å². The Morgan fingerprint density at radius 2 is 2.20 bits per heavy atom. The van der Waals surface area contributed by atoms with E-state index in [1.165, 1.54) is 0 Å². The molecule has 25 heavy (non-hydrogen) atoms. The summed E-state index contributed by atoms with van der Waals surface area (Å²) in [4.78, 5) is 16.3. The maximum Gasteiger partial charge on any atom is 0.223 e. The van der Waals surface area contributed by atoms with Crippen molar-refractivity contribution in [3.8, 4) is 11.4 Å². The smallest absolute Gasteiger partial charge is 0.223 e. The molecule has 1 saturated carbocycles. The van der Waals surface area contributed by atoms with Crippen LogP contribution in [-0.2, 0) is 11.3 Å². The number of fused-ring (bicyclic) bond motifs is 1. The zero-order chi connectivity index (χ0) is 17.4. The highest BCUT2D eigenvalue weighted by Crippen LogP contribution is 2.29. The molecule has 0 bridgehead atoms. The molecule has 7 nitrogen and oxygen atoms in total. The van der Waals surface area contributed by atoms with Crippen molar-refractivity contribution in [2.24, 2.45) is 5.92 Å². The summed E-state index contributed by atoms with van der Waals surface area (Å²) in [6.45, 7) is 2.33. The fraction of sp³-hybridized carbons (Fsp3) is 0.333. The number of pyridine rings is 1. The molecule has 1 aliphatic rings. The largest absolute Gasteiger partial charge is 0.497 e. The first kappa shape index (κ1) is 15.6. The predicted octanol–water partition coefficient (Wildman–Crippen LogP) is 2.16. The van der Waals surface area contributed by atoms with Crippen LogP contribution < -0.4 is 10.1 Å². The normalized spacial score (nSPS) is 13.8. The van der Waals surface area contributed by atoms with Crippen molar-refractivity contribution in [3.05, 3.63) is 41.9 Å². The Morgan fingerprint density at radius 1 is 1.36 bits per heavy atom. The van der Waals surface area contributed by atoms with E-state index in [9.17, 15) is 4.79 Å². The van der Waals surface area contributed by atoms with Gasteiger partial charge >= 0.3 is 0 Å². The molecule has 2 aromatic heterocycles. The van der Waals surface area contributed by atoms with Gasteiger partial charge in [0.15, 0.2) is 0 Å². The van der Waals surface area contributed by atoms with Crippen LogP contribution in [0.2, 0.25) is 0 Å². The van der Waals surface area contributed by atoms with Crippen LogP contribution in [0.4, 0.5) is 0 Å². The van der Waals surface area contributed by atoms with Crippen LogP contribution >= 0.6 is 0 Å². The molecule has 2 heterocycles. The van der Waals surface area contributed by atoms with Crippen molar-refractivity contribution < 1.29 is 9.53 Å². The van der Waals surface area contributed by atoms with Crippen molar-refractivity contribution >= 4 is 16.8 Å². The second-order valence-electron chi connectivity index (χ2n) is 6.31. The first-order valence-corrected chi connectivity index (χ1v) is 8.29. The monoisotopic (exact) mass is 337 g/mol. The standard InChI is InChI=1S/C18H19N5O2/c1-11-7-17(15-8-14(25-2)5-6-16(15)20-11)23-10-13(21-22-23)9-19-18(24)12-3-4-12/h5-8,10,12H,3-4,9H2,1-2H3,(H,19,24). The first-order valence-electron chi connectivity index (χ1n) is 8.29. The van der Waals surface area contributed by atoms with Gasteiger partial charge < -0.3 is 10.1 Å². The number of carbonyl (C=O) groups excluding carboxylic acids is 1. The Bertz CT molecular complexity index is 946. The number of hydrogen-bond donors (Lipinski definition) is 1. The maximum atomic E-state index is 11.8. The summed E-state index contributed by atoms with van der Waals surface area (Å²) in [5.41, 5.74) is 3.37. The summed E-state index contributed by atoms with van der Waals surface area (Å²) in [6.07, 6.45) is 3.81. The molecule has 1 fully saturated rings. The summed E-state index contributed by atoms with van der Waals surface area (Å²) in [7, 11) is 1.64. The average Bonchev–Trinajstić information content (AvgIpc) is 3.37. The van der Waals surface area contributed by atoms with Crippen LogP contribution in [0.1, 0.15) is 24.2 Å². The molecule has 7 heteroatoms. The third-order valence-electron chi connectivity index (χ3n) is 4.30. The zero-order valence-electron chi connectivity index (χ0n) is 14.2. The van der Waals surface area contributed by atoms with Crippen molar-refractivity contribution in [2.45, 2.75) is 26.3 Å². The third kappa shape index (κ3) is 3.17. The van der Waals surface area contributed by atoms with E-state index in [0.29, 0.717) is 6.54 Å². The quantitative estimate of drug-likeness (QED) is 0.771. The van der Waals surface area contributed by atoms with Crippen molar-refractivity contribution in [3.63, 3.8) is 0 Å². The van der Waals surface area contributed by atoms with Crippen LogP contribution in [0.5, 0.6) is 5.75 Å². The van der Waals surface area contributed by atoms with Gasteiger partial charge in [0, 0.05) is 17.0 Å². The summed E-state index contributed by atoms with van der Waals surface area (Å²) < 4.78 is 7.04. The number of hydrogen-bond acceptors (Lipinski definition) is 5. The molecule has 0 atom stereocenters. The highest BCUT2D eigenvalue weighted by molar-refractivity contribution is 5.88. The number of nitrogens with one attached hydrogen (secondary N) is 1. The summed E-state index contributed by atoms with van der Waals surface area (Å²) in [6, 6.07) is 7.72. The molecular formula is C18H19N5O2. The van der Waals surface area contributed by atoms with Crippen LogP contribution in [0.25, 0.3) is 16.6 Å². The molecule has 128 valence electrons. The topological polar surface area (TPSA) is 81.9 Å². The number of ether oxygens (including phenoxy) is 1. The van der Waals surface area contributed by atoms with Gasteiger partial charge in [-0.3, -0.25) is 9.78 Å². The third-order valence-corrected chi connectivity index (χ3v) is 4.30. The second-order valence-corrected chi connectivity index (χ2v) is 6.31. The maximum absolute atomic E-state index is 11.8. The molecule has 1 N–H and O–H groups in total. The summed E-state index contributed by atoms with van der Waals surface area (Å²) in [5.74, 6) is 1.05. The van der Waals surface area contributed by atoms with E-state index in [2.05, 4.69) is 20.6 Å². The van der Waals surface area contributed by atoms with E-state index in [-0.39, 0.29) is 11.8 Å². The summed E-state index contributed by atoms with van der Waals surface area (Å²) >= 11 is 0. The van der Waals surface area contributed by atoms with Gasteiger partial charge in [0.25, 0.3) is 0 Å². The minimum absolute atomic E-state index is 0.101. The molecule has 1 aromatic carbocycles. The molecule has 0 spiro atoms. The number of aryl methyl sites for hydroxylation is 1. The molecule has 0 unspecified atom stereocenters. The fourth-order valence-electron chi connectivity index (χ4n) is 2.80. The number of rotatable bonds is 5. The number of benzene rings is 1. The zero-order valence-corrected chi connectivity index (χ0v) is 14.2. The minimum Gasteiger partial charge on any atom is -0.497 e. The molecule has 0 aliphatic heterocycles. The number of amides is 1. The molecule has 3 aromatic rings. The first-order chi connectivity index (χ1) is 12.1. The lowest BCUT2D eigenvalue weighted by molar-refractivity contribution is -0.122. The van der Waals surface area contributed by atoms with E-state index >= 15 is 0 Å². The lowest BCUT2D eigenvalue weighted by atomic mass is 10.1. The fourth-order valence-corrected chi connectivity index (χ4v) is 2.80. The van der Waals surface area contributed by atoms with E-state index in [1.54, 1.807) is 11.8 Å². The lowest BCUT2D eigenvalue weighted by Gasteiger charge is -2.09. The SMILES string of the molecule is COc1ccc2nc(C)cc(-n3cc(CNC(=O)C4CC4)nn3)c2c1. The molecule has 1 aliphatic carbocycles. The van der Waals surface area contributed by atoms with E-state index in [4.69, 9.17) is 4.74 Å². The average molecular weight is 337 g/mol. The molecule has 0 radical (unpaired) electrons. The number of aromatic nitrogens is 4. The second kappa shape index (κ2) is 6.16. The van der Waals surface area contributed by atoms with Gasteiger partial charge in [-0.2, -0.15) is 0 Å². The van der Waals surface area contributed by atoms with Crippen molar-refractivity contribution in [1.29, 1.82) is 0 Å². The Kier molecular flexibility index (Phi) is 3.83. The molecule has 4 rings (SSSR count). The van der Waals surface area contributed by atoms with Crippen LogP contribution in [0.3, 0.4) is 0 Å². The molecule has 1 amide bonds. The van der Waals surface area contributed by atoms with Crippen LogP contribution in [-0.4, -0.2) is 33.0 Å². The van der Waals surface area contributed by atoms with E-state index < -0.39 is 0 Å². The molecule has 0 saturated heterocycles. The number of nitrogens with zero attached hydrogens (tertiary/aromatic N) is 4. The predicted molar refractivity (Wildman–Crippen MR) is 92.5 cm³/mol. The Labute approximate surface area is 145 Å². The Morgan fingerprint density at radius 3 is 2.96 bits per heavy atom. The van der Waals surface area contributed by atoms with Crippen LogP contribution in [0.15, 0.2) is 30.5 Å². The number of methoxy groups -OCH3 is 1. The number of carbonyl (C=O) groups is 1. The van der Waals surface area contributed by atoms with Gasteiger partial charge in [-0.15, -0.1) is 5.10 Å². The Balaban J connectivity index is 1.65. The lowest BCUT2D eigenvalue weighted by Crippen LogP contribution is -2.24. The van der Waals surface area contributed by atoms with Gasteiger partial charge in [-0.05, 0) is 44.0 Å². The van der Waals surface area contributed by atoms with Gasteiger partial charge in [0.1, 0.15) is 11.4 Å². The van der Waals surface area contributed by atoms with Gasteiger partial charge in [0.05, 0.1) is 31.1 Å². The Hall–Kier alpha value is -2.96. The highest BCUT2D eigenvalue weighted by atomic mass is 16.5. The van der Waals surface area contributed by atoms with Gasteiger partial charge in [-0.1, -0.05) is 5.21 Å². The van der Waals surface area contributed by atoms with E-state index in [1.807, 2.05) is 37.4 Å².